The molecular formula is C17H21ClN2O3. The molecule has 124 valence electrons. The summed E-state index contributed by atoms with van der Waals surface area (Å²) in [6.07, 6.45) is 1.07. The largest absolute Gasteiger partial charge is 0.396 e. The lowest BCUT2D eigenvalue weighted by atomic mass is 10.1. The summed E-state index contributed by atoms with van der Waals surface area (Å²) in [5.41, 5.74) is 1.75. The van der Waals surface area contributed by atoms with Gasteiger partial charge in [-0.15, -0.1) is 0 Å². The summed E-state index contributed by atoms with van der Waals surface area (Å²) in [7, 11) is 0. The fraction of sp³-hybridized carbons (Fsp3) is 0.529. The number of aliphatic hydroxyl groups excluding tert-OH is 1. The Morgan fingerprint density at radius 2 is 2.17 bits per heavy atom. The number of hydrogen-bond donors (Lipinski definition) is 1. The van der Waals surface area contributed by atoms with Crippen molar-refractivity contribution in [1.29, 1.82) is 0 Å². The van der Waals surface area contributed by atoms with Crippen molar-refractivity contribution in [2.45, 2.75) is 19.8 Å². The lowest BCUT2D eigenvalue weighted by Gasteiger charge is -2.22. The average Bonchev–Trinajstić information content (AvgIpc) is 3.15. The van der Waals surface area contributed by atoms with E-state index >= 15 is 0 Å². The van der Waals surface area contributed by atoms with Gasteiger partial charge in [0.2, 0.25) is 11.8 Å². The molecular weight excluding hydrogens is 316 g/mol. The number of aryl methyl sites for hydroxylation is 1. The highest BCUT2D eigenvalue weighted by Gasteiger charge is 2.39. The maximum absolute atomic E-state index is 12.6. The summed E-state index contributed by atoms with van der Waals surface area (Å²) >= 11 is 6.04. The van der Waals surface area contributed by atoms with Gasteiger partial charge in [-0.25, -0.2) is 0 Å². The molecule has 2 heterocycles. The van der Waals surface area contributed by atoms with Gasteiger partial charge in [0.15, 0.2) is 0 Å². The Labute approximate surface area is 140 Å². The number of benzene rings is 1. The molecule has 1 N–H and O–H groups in total. The van der Waals surface area contributed by atoms with Crippen LogP contribution in [0.1, 0.15) is 18.4 Å². The number of hydrogen-bond acceptors (Lipinski definition) is 3. The molecule has 2 fully saturated rings. The number of aliphatic hydroxyl groups is 1. The van der Waals surface area contributed by atoms with Crippen molar-refractivity contribution in [1.82, 2.24) is 4.90 Å². The molecule has 5 nitrogen and oxygen atoms in total. The van der Waals surface area contributed by atoms with Gasteiger partial charge in [-0.3, -0.25) is 9.59 Å². The van der Waals surface area contributed by atoms with E-state index in [0.29, 0.717) is 24.7 Å². The molecule has 2 atom stereocenters. The maximum atomic E-state index is 12.6. The number of anilines is 1. The molecule has 0 spiro atoms. The quantitative estimate of drug-likeness (QED) is 0.916. The van der Waals surface area contributed by atoms with Gasteiger partial charge < -0.3 is 14.9 Å². The van der Waals surface area contributed by atoms with E-state index in [1.165, 1.54) is 0 Å². The molecule has 23 heavy (non-hydrogen) atoms. The number of amides is 2. The third-order valence-corrected chi connectivity index (χ3v) is 5.03. The third-order valence-electron chi connectivity index (χ3n) is 4.79. The first-order valence-corrected chi connectivity index (χ1v) is 8.33. The Balaban J connectivity index is 1.72. The van der Waals surface area contributed by atoms with Gasteiger partial charge in [0.05, 0.1) is 5.92 Å². The van der Waals surface area contributed by atoms with E-state index in [1.54, 1.807) is 21.9 Å². The normalized spacial score (nSPS) is 24.6. The number of nitrogens with zero attached hydrogens (tertiary/aromatic N) is 2. The molecule has 3 rings (SSSR count). The maximum Gasteiger partial charge on any atom is 0.228 e. The highest BCUT2D eigenvalue weighted by Crippen LogP contribution is 2.31. The van der Waals surface area contributed by atoms with Gasteiger partial charge in [-0.1, -0.05) is 17.7 Å². The van der Waals surface area contributed by atoms with Gasteiger partial charge in [-0.2, -0.15) is 0 Å². The predicted molar refractivity (Wildman–Crippen MR) is 88.4 cm³/mol. The zero-order chi connectivity index (χ0) is 16.6. The lowest BCUT2D eigenvalue weighted by Crippen LogP contribution is -2.36. The molecule has 2 aliphatic heterocycles. The minimum atomic E-state index is -0.307. The molecule has 2 aliphatic rings. The highest BCUT2D eigenvalue weighted by molar-refractivity contribution is 6.31. The first kappa shape index (κ1) is 16.3. The van der Waals surface area contributed by atoms with Crippen molar-refractivity contribution in [3.05, 3.63) is 28.8 Å². The number of halogens is 1. The molecule has 0 bridgehead atoms. The van der Waals surface area contributed by atoms with Crippen LogP contribution in [0.3, 0.4) is 0 Å². The monoisotopic (exact) mass is 336 g/mol. The van der Waals surface area contributed by atoms with E-state index < -0.39 is 0 Å². The Morgan fingerprint density at radius 3 is 2.87 bits per heavy atom. The summed E-state index contributed by atoms with van der Waals surface area (Å²) in [5, 5.41) is 9.79. The van der Waals surface area contributed by atoms with Crippen molar-refractivity contribution in [3.8, 4) is 0 Å². The van der Waals surface area contributed by atoms with Crippen molar-refractivity contribution in [3.63, 3.8) is 0 Å². The molecule has 0 radical (unpaired) electrons. The van der Waals surface area contributed by atoms with E-state index in [-0.39, 0.29) is 36.7 Å². The van der Waals surface area contributed by atoms with Crippen molar-refractivity contribution < 1.29 is 14.7 Å². The molecule has 0 aromatic heterocycles. The van der Waals surface area contributed by atoms with E-state index in [0.717, 1.165) is 17.7 Å². The van der Waals surface area contributed by atoms with Crippen LogP contribution in [0, 0.1) is 18.8 Å². The molecule has 1 aromatic carbocycles. The lowest BCUT2D eigenvalue weighted by molar-refractivity contribution is -0.134. The van der Waals surface area contributed by atoms with E-state index in [9.17, 15) is 14.7 Å². The first-order valence-electron chi connectivity index (χ1n) is 7.95. The summed E-state index contributed by atoms with van der Waals surface area (Å²) in [4.78, 5) is 28.4. The van der Waals surface area contributed by atoms with Crippen LogP contribution in [0.4, 0.5) is 5.69 Å². The van der Waals surface area contributed by atoms with Crippen molar-refractivity contribution in [2.75, 3.05) is 31.1 Å². The summed E-state index contributed by atoms with van der Waals surface area (Å²) in [6, 6.07) is 5.45. The average molecular weight is 337 g/mol. The second kappa shape index (κ2) is 6.49. The fourth-order valence-electron chi connectivity index (χ4n) is 3.42. The van der Waals surface area contributed by atoms with Crippen molar-refractivity contribution in [2.24, 2.45) is 11.8 Å². The second-order valence-electron chi connectivity index (χ2n) is 6.46. The number of carbonyl (C=O) groups excluding carboxylic acids is 2. The second-order valence-corrected chi connectivity index (χ2v) is 6.89. The molecule has 0 saturated carbocycles. The van der Waals surface area contributed by atoms with E-state index in [2.05, 4.69) is 0 Å². The Bertz CT molecular complexity index is 634. The molecule has 1 aromatic rings. The third kappa shape index (κ3) is 3.21. The Hall–Kier alpha value is -1.59. The minimum absolute atomic E-state index is 0.0245. The molecule has 2 unspecified atom stereocenters. The predicted octanol–water partition coefficient (Wildman–Crippen LogP) is 1.84. The van der Waals surface area contributed by atoms with Crippen LogP contribution < -0.4 is 4.90 Å². The number of rotatable bonds is 3. The Morgan fingerprint density at radius 1 is 1.39 bits per heavy atom. The zero-order valence-electron chi connectivity index (χ0n) is 13.2. The molecule has 2 saturated heterocycles. The van der Waals surface area contributed by atoms with Crippen LogP contribution >= 0.6 is 11.6 Å². The fourth-order valence-corrected chi connectivity index (χ4v) is 3.59. The number of likely N-dealkylation sites (tertiary alicyclic amines) is 1. The van der Waals surface area contributed by atoms with Gasteiger partial charge in [-0.05, 0) is 31.0 Å². The topological polar surface area (TPSA) is 60.9 Å². The van der Waals surface area contributed by atoms with Crippen LogP contribution in [0.25, 0.3) is 0 Å². The van der Waals surface area contributed by atoms with Crippen LogP contribution in [0.5, 0.6) is 0 Å². The highest BCUT2D eigenvalue weighted by atomic mass is 35.5. The summed E-state index contributed by atoms with van der Waals surface area (Å²) in [6.45, 7) is 3.71. The zero-order valence-corrected chi connectivity index (χ0v) is 13.9. The van der Waals surface area contributed by atoms with Crippen LogP contribution in [0.2, 0.25) is 5.02 Å². The van der Waals surface area contributed by atoms with Gasteiger partial charge >= 0.3 is 0 Å². The van der Waals surface area contributed by atoms with E-state index in [1.807, 2.05) is 13.0 Å². The molecule has 2 amide bonds. The molecule has 6 heteroatoms. The molecule has 0 aliphatic carbocycles. The van der Waals surface area contributed by atoms with Crippen molar-refractivity contribution >= 4 is 29.1 Å². The first-order chi connectivity index (χ1) is 11.0. The smallest absolute Gasteiger partial charge is 0.228 e. The van der Waals surface area contributed by atoms with Gasteiger partial charge in [0, 0.05) is 49.3 Å². The number of carbonyl (C=O) groups is 2. The van der Waals surface area contributed by atoms with E-state index in [4.69, 9.17) is 11.6 Å². The summed E-state index contributed by atoms with van der Waals surface area (Å²) < 4.78 is 0. The van der Waals surface area contributed by atoms with Crippen LogP contribution in [0.15, 0.2) is 18.2 Å². The van der Waals surface area contributed by atoms with Crippen LogP contribution in [-0.4, -0.2) is 48.1 Å². The van der Waals surface area contributed by atoms with Gasteiger partial charge in [0.1, 0.15) is 0 Å². The Kier molecular flexibility index (Phi) is 4.60. The van der Waals surface area contributed by atoms with Gasteiger partial charge in [0.25, 0.3) is 0 Å². The standard InChI is InChI=1S/C17H21ClN2O3/c1-11-2-3-14(18)7-15(11)20-9-13(6-16(20)22)17(23)19-5-4-12(8-19)10-21/h2-3,7,12-13,21H,4-6,8-10H2,1H3. The minimum Gasteiger partial charge on any atom is -0.396 e. The summed E-state index contributed by atoms with van der Waals surface area (Å²) in [5.74, 6) is -0.149. The van der Waals surface area contributed by atoms with Crippen LogP contribution in [-0.2, 0) is 9.59 Å². The SMILES string of the molecule is Cc1ccc(Cl)cc1N1CC(C(=O)N2CCC(CO)C2)CC1=O.